The van der Waals surface area contributed by atoms with Crippen LogP contribution in [0.4, 0.5) is 0 Å². The molecule has 3 rings (SSSR count). The van der Waals surface area contributed by atoms with Crippen LogP contribution in [0.3, 0.4) is 0 Å². The maximum atomic E-state index is 12.0. The summed E-state index contributed by atoms with van der Waals surface area (Å²) in [5, 5.41) is 9.28. The molecule has 0 bridgehead atoms. The molecule has 0 saturated heterocycles. The zero-order valence-electron chi connectivity index (χ0n) is 10.7. The highest BCUT2D eigenvalue weighted by atomic mass is 16.1. The van der Waals surface area contributed by atoms with Crippen LogP contribution in [0.25, 0.3) is 22.4 Å². The minimum atomic E-state index is -0.333. The smallest absolute Gasteiger partial charge is 0.210 e. The molecule has 0 aliphatic carbocycles. The molecular weight excluding hydrogens is 252 g/mol. The zero-order chi connectivity index (χ0) is 14.1. The highest BCUT2D eigenvalue weighted by molar-refractivity contribution is 5.77. The van der Waals surface area contributed by atoms with E-state index in [1.54, 1.807) is 11.6 Å². The van der Waals surface area contributed by atoms with E-state index >= 15 is 0 Å². The van der Waals surface area contributed by atoms with Crippen molar-refractivity contribution in [3.05, 3.63) is 58.5 Å². The van der Waals surface area contributed by atoms with Gasteiger partial charge >= 0.3 is 0 Å². The first-order valence-corrected chi connectivity index (χ1v) is 6.02. The van der Waals surface area contributed by atoms with Gasteiger partial charge in [-0.05, 0) is 0 Å². The van der Waals surface area contributed by atoms with Gasteiger partial charge in [0, 0.05) is 25.0 Å². The van der Waals surface area contributed by atoms with Crippen molar-refractivity contribution >= 4 is 11.0 Å². The van der Waals surface area contributed by atoms with E-state index in [0.29, 0.717) is 16.9 Å². The Morgan fingerprint density at radius 3 is 2.70 bits per heavy atom. The maximum absolute atomic E-state index is 12.0. The molecule has 0 saturated carbocycles. The molecule has 5 nitrogen and oxygen atoms in total. The van der Waals surface area contributed by atoms with E-state index in [0.717, 1.165) is 5.56 Å². The van der Waals surface area contributed by atoms with Crippen molar-refractivity contribution in [1.82, 2.24) is 14.5 Å². The van der Waals surface area contributed by atoms with Gasteiger partial charge in [-0.2, -0.15) is 5.26 Å². The second kappa shape index (κ2) is 4.59. The van der Waals surface area contributed by atoms with Crippen LogP contribution in [-0.4, -0.2) is 14.5 Å². The predicted octanol–water partition coefficient (Wildman–Crippen LogP) is 1.87. The van der Waals surface area contributed by atoms with Crippen LogP contribution in [0.1, 0.15) is 5.56 Å². The summed E-state index contributed by atoms with van der Waals surface area (Å²) in [5.74, 6) is 0.554. The van der Waals surface area contributed by atoms with Gasteiger partial charge < -0.3 is 4.57 Å². The fraction of sp³-hybridized carbons (Fsp3) is 0.0667. The molecule has 0 aliphatic heterocycles. The molecule has 5 heteroatoms. The highest BCUT2D eigenvalue weighted by Crippen LogP contribution is 2.16. The normalized spacial score (nSPS) is 10.4. The summed E-state index contributed by atoms with van der Waals surface area (Å²) >= 11 is 0. The van der Waals surface area contributed by atoms with Crippen LogP contribution < -0.4 is 5.43 Å². The van der Waals surface area contributed by atoms with Crippen molar-refractivity contribution in [3.8, 4) is 17.5 Å². The summed E-state index contributed by atoms with van der Waals surface area (Å²) in [6.45, 7) is 0. The third-order valence-corrected chi connectivity index (χ3v) is 3.07. The van der Waals surface area contributed by atoms with E-state index < -0.39 is 0 Å². The Balaban J connectivity index is 2.31. The lowest BCUT2D eigenvalue weighted by Gasteiger charge is -2.06. The third-order valence-electron chi connectivity index (χ3n) is 3.07. The van der Waals surface area contributed by atoms with Gasteiger partial charge in [0.1, 0.15) is 17.3 Å². The van der Waals surface area contributed by atoms with Crippen LogP contribution in [0.15, 0.2) is 47.5 Å². The molecule has 0 fully saturated rings. The molecule has 0 aliphatic rings. The molecule has 0 radical (unpaired) electrons. The molecule has 0 atom stereocenters. The number of hydrogen-bond acceptors (Lipinski definition) is 4. The predicted molar refractivity (Wildman–Crippen MR) is 74.9 cm³/mol. The van der Waals surface area contributed by atoms with Crippen molar-refractivity contribution < 1.29 is 0 Å². The van der Waals surface area contributed by atoms with Crippen molar-refractivity contribution in [2.75, 3.05) is 0 Å². The van der Waals surface area contributed by atoms with Crippen molar-refractivity contribution in [2.45, 2.75) is 0 Å². The number of hydrogen-bond donors (Lipinski definition) is 0. The Morgan fingerprint density at radius 2 is 2.00 bits per heavy atom. The Hall–Kier alpha value is -3.00. The molecule has 0 N–H and O–H groups in total. The Bertz CT molecular complexity index is 891. The number of fused-ring (bicyclic) bond motifs is 1. The van der Waals surface area contributed by atoms with Crippen LogP contribution >= 0.6 is 0 Å². The first kappa shape index (κ1) is 12.1. The van der Waals surface area contributed by atoms with Crippen LogP contribution in [0.2, 0.25) is 0 Å². The van der Waals surface area contributed by atoms with E-state index in [4.69, 9.17) is 5.26 Å². The Morgan fingerprint density at radius 1 is 1.25 bits per heavy atom. The molecule has 20 heavy (non-hydrogen) atoms. The van der Waals surface area contributed by atoms with Gasteiger partial charge in [-0.25, -0.2) is 9.97 Å². The minimum Gasteiger partial charge on any atom is -0.334 e. The highest BCUT2D eigenvalue weighted by Gasteiger charge is 2.10. The SMILES string of the molecule is Cn1cc(C#N)c(=O)c2cnc(-c3ccccc3)nc21. The first-order valence-electron chi connectivity index (χ1n) is 6.02. The molecular formula is C15H10N4O. The van der Waals surface area contributed by atoms with Crippen LogP contribution in [-0.2, 0) is 7.05 Å². The van der Waals surface area contributed by atoms with Gasteiger partial charge in [0.15, 0.2) is 5.82 Å². The fourth-order valence-electron chi connectivity index (χ4n) is 2.07. The van der Waals surface area contributed by atoms with E-state index in [2.05, 4.69) is 9.97 Å². The second-order valence-electron chi connectivity index (χ2n) is 4.39. The van der Waals surface area contributed by atoms with Gasteiger partial charge in [0.25, 0.3) is 0 Å². The first-order chi connectivity index (χ1) is 9.70. The molecule has 2 aromatic heterocycles. The minimum absolute atomic E-state index is 0.0936. The molecule has 3 aromatic rings. The zero-order valence-corrected chi connectivity index (χ0v) is 10.7. The standard InChI is InChI=1S/C15H10N4O/c1-19-9-11(7-16)13(20)12-8-17-14(18-15(12)19)10-5-3-2-4-6-10/h2-6,8-9H,1H3. The monoisotopic (exact) mass is 262 g/mol. The topological polar surface area (TPSA) is 71.6 Å². The van der Waals surface area contributed by atoms with E-state index in [-0.39, 0.29) is 11.0 Å². The lowest BCUT2D eigenvalue weighted by Crippen LogP contribution is -2.13. The van der Waals surface area contributed by atoms with E-state index in [9.17, 15) is 4.79 Å². The average molecular weight is 262 g/mol. The largest absolute Gasteiger partial charge is 0.334 e. The lowest BCUT2D eigenvalue weighted by atomic mass is 10.2. The van der Waals surface area contributed by atoms with E-state index in [1.165, 1.54) is 12.4 Å². The number of aromatic nitrogens is 3. The molecule has 0 amide bonds. The Labute approximate surface area is 114 Å². The molecule has 1 aromatic carbocycles. The van der Waals surface area contributed by atoms with Gasteiger partial charge in [0.05, 0.1) is 5.39 Å². The van der Waals surface area contributed by atoms with Crippen molar-refractivity contribution in [1.29, 1.82) is 5.26 Å². The molecule has 0 unspecified atom stereocenters. The quantitative estimate of drug-likeness (QED) is 0.671. The summed E-state index contributed by atoms with van der Waals surface area (Å²) in [7, 11) is 1.75. The lowest BCUT2D eigenvalue weighted by molar-refractivity contribution is 0.920. The molecule has 96 valence electrons. The van der Waals surface area contributed by atoms with Crippen molar-refractivity contribution in [2.24, 2.45) is 7.05 Å². The number of nitrogens with zero attached hydrogens (tertiary/aromatic N) is 4. The Kier molecular flexibility index (Phi) is 2.77. The molecule has 0 spiro atoms. The number of aryl methyl sites for hydroxylation is 1. The van der Waals surface area contributed by atoms with Gasteiger partial charge in [-0.15, -0.1) is 0 Å². The molecule has 2 heterocycles. The second-order valence-corrected chi connectivity index (χ2v) is 4.39. The van der Waals surface area contributed by atoms with Crippen LogP contribution in [0.5, 0.6) is 0 Å². The average Bonchev–Trinajstić information content (AvgIpc) is 2.51. The van der Waals surface area contributed by atoms with Gasteiger partial charge in [-0.1, -0.05) is 30.3 Å². The summed E-state index contributed by atoms with van der Waals surface area (Å²) in [4.78, 5) is 20.7. The van der Waals surface area contributed by atoms with Crippen molar-refractivity contribution in [3.63, 3.8) is 0 Å². The number of nitriles is 1. The summed E-state index contributed by atoms with van der Waals surface area (Å²) in [5.41, 5.74) is 1.16. The third kappa shape index (κ3) is 1.84. The van der Waals surface area contributed by atoms with Gasteiger partial charge in [-0.3, -0.25) is 4.79 Å². The number of benzene rings is 1. The van der Waals surface area contributed by atoms with Crippen LogP contribution in [0, 0.1) is 11.3 Å². The fourth-order valence-corrected chi connectivity index (χ4v) is 2.07. The summed E-state index contributed by atoms with van der Waals surface area (Å²) in [6.07, 6.45) is 2.97. The van der Waals surface area contributed by atoms with E-state index in [1.807, 2.05) is 36.4 Å². The van der Waals surface area contributed by atoms with Gasteiger partial charge in [0.2, 0.25) is 5.43 Å². The summed E-state index contributed by atoms with van der Waals surface area (Å²) < 4.78 is 1.67. The number of rotatable bonds is 1. The number of pyridine rings is 1. The summed E-state index contributed by atoms with van der Waals surface area (Å²) in [6, 6.07) is 11.4. The maximum Gasteiger partial charge on any atom is 0.210 e.